The Kier molecular flexibility index (Phi) is 6.26. The maximum atomic E-state index is 11.5. The fourth-order valence-corrected chi connectivity index (χ4v) is 1.52. The topological polar surface area (TPSA) is 38.3 Å². The summed E-state index contributed by atoms with van der Waals surface area (Å²) in [7, 11) is 0. The van der Waals surface area contributed by atoms with Crippen molar-refractivity contribution < 1.29 is 9.53 Å². The van der Waals surface area contributed by atoms with Crippen molar-refractivity contribution in [3.63, 3.8) is 0 Å². The van der Waals surface area contributed by atoms with Gasteiger partial charge in [0.1, 0.15) is 5.75 Å². The molecule has 1 aromatic rings. The molecule has 0 unspecified atom stereocenters. The quantitative estimate of drug-likeness (QED) is 0.807. The van der Waals surface area contributed by atoms with Crippen LogP contribution in [-0.4, -0.2) is 19.1 Å². The summed E-state index contributed by atoms with van der Waals surface area (Å²) in [5.74, 6) is 1.29. The molecule has 0 radical (unpaired) electrons. The van der Waals surface area contributed by atoms with E-state index in [2.05, 4.69) is 26.1 Å². The molecule has 0 spiro atoms. The van der Waals surface area contributed by atoms with Gasteiger partial charge >= 0.3 is 0 Å². The van der Waals surface area contributed by atoms with Crippen LogP contribution in [-0.2, 0) is 11.2 Å². The molecule has 3 nitrogen and oxygen atoms in total. The van der Waals surface area contributed by atoms with E-state index in [9.17, 15) is 4.79 Å². The van der Waals surface area contributed by atoms with Crippen molar-refractivity contribution in [2.24, 2.45) is 5.92 Å². The summed E-state index contributed by atoms with van der Waals surface area (Å²) in [6, 6.07) is 7.85. The normalized spacial score (nSPS) is 10.4. The Morgan fingerprint density at radius 3 is 2.50 bits per heavy atom. The van der Waals surface area contributed by atoms with Gasteiger partial charge in [0, 0.05) is 6.54 Å². The molecule has 0 aliphatic heterocycles. The van der Waals surface area contributed by atoms with Gasteiger partial charge < -0.3 is 10.1 Å². The number of hydrogen-bond acceptors (Lipinski definition) is 2. The van der Waals surface area contributed by atoms with E-state index in [-0.39, 0.29) is 12.5 Å². The molecule has 1 rings (SSSR count). The summed E-state index contributed by atoms with van der Waals surface area (Å²) >= 11 is 0. The number of amides is 1. The zero-order valence-corrected chi connectivity index (χ0v) is 11.5. The summed E-state index contributed by atoms with van der Waals surface area (Å²) in [6.45, 7) is 7.19. The van der Waals surface area contributed by atoms with Gasteiger partial charge in [0.2, 0.25) is 0 Å². The minimum absolute atomic E-state index is 0.0600. The number of rotatable bonds is 7. The molecule has 0 saturated carbocycles. The molecular weight excluding hydrogens is 226 g/mol. The largest absolute Gasteiger partial charge is 0.484 e. The van der Waals surface area contributed by atoms with Crippen molar-refractivity contribution in [1.82, 2.24) is 5.32 Å². The van der Waals surface area contributed by atoms with Gasteiger partial charge in [-0.1, -0.05) is 32.9 Å². The fourth-order valence-electron chi connectivity index (χ4n) is 1.52. The molecule has 0 aromatic heterocycles. The number of benzene rings is 1. The van der Waals surface area contributed by atoms with Crippen LogP contribution in [0.4, 0.5) is 0 Å². The van der Waals surface area contributed by atoms with Gasteiger partial charge in [0.05, 0.1) is 0 Å². The molecule has 1 amide bonds. The third kappa shape index (κ3) is 5.71. The monoisotopic (exact) mass is 249 g/mol. The second-order valence-electron chi connectivity index (χ2n) is 4.82. The van der Waals surface area contributed by atoms with Gasteiger partial charge in [-0.25, -0.2) is 0 Å². The first-order valence-electron chi connectivity index (χ1n) is 6.60. The van der Waals surface area contributed by atoms with Crippen LogP contribution in [0.3, 0.4) is 0 Å². The van der Waals surface area contributed by atoms with Crippen LogP contribution in [0.1, 0.15) is 32.8 Å². The molecule has 0 aliphatic rings. The van der Waals surface area contributed by atoms with Crippen molar-refractivity contribution in [1.29, 1.82) is 0 Å². The van der Waals surface area contributed by atoms with E-state index in [4.69, 9.17) is 4.74 Å². The number of hydrogen-bond donors (Lipinski definition) is 1. The SMILES string of the molecule is CCc1ccc(OCC(=O)NCCC(C)C)cc1. The highest BCUT2D eigenvalue weighted by Crippen LogP contribution is 2.12. The Morgan fingerprint density at radius 1 is 1.28 bits per heavy atom. The molecule has 1 aromatic carbocycles. The van der Waals surface area contributed by atoms with E-state index >= 15 is 0 Å². The molecule has 0 saturated heterocycles. The lowest BCUT2D eigenvalue weighted by Gasteiger charge is -2.09. The molecule has 0 heterocycles. The Labute approximate surface area is 110 Å². The number of ether oxygens (including phenoxy) is 1. The highest BCUT2D eigenvalue weighted by Gasteiger charge is 2.02. The molecule has 0 fully saturated rings. The van der Waals surface area contributed by atoms with Crippen LogP contribution in [0, 0.1) is 5.92 Å². The maximum absolute atomic E-state index is 11.5. The molecule has 0 atom stereocenters. The molecule has 3 heteroatoms. The first kappa shape index (κ1) is 14.6. The average Bonchev–Trinajstić information content (AvgIpc) is 2.36. The van der Waals surface area contributed by atoms with Gasteiger partial charge in [0.25, 0.3) is 5.91 Å². The van der Waals surface area contributed by atoms with Gasteiger partial charge in [-0.2, -0.15) is 0 Å². The van der Waals surface area contributed by atoms with Crippen molar-refractivity contribution in [2.75, 3.05) is 13.2 Å². The van der Waals surface area contributed by atoms with Gasteiger partial charge in [-0.05, 0) is 36.5 Å². The molecular formula is C15H23NO2. The van der Waals surface area contributed by atoms with E-state index in [1.165, 1.54) is 5.56 Å². The van der Waals surface area contributed by atoms with E-state index in [1.807, 2.05) is 24.3 Å². The van der Waals surface area contributed by atoms with Crippen molar-refractivity contribution in [3.05, 3.63) is 29.8 Å². The lowest BCUT2D eigenvalue weighted by atomic mass is 10.1. The summed E-state index contributed by atoms with van der Waals surface area (Å²) in [5.41, 5.74) is 1.27. The van der Waals surface area contributed by atoms with E-state index in [1.54, 1.807) is 0 Å². The van der Waals surface area contributed by atoms with Crippen molar-refractivity contribution >= 4 is 5.91 Å². The van der Waals surface area contributed by atoms with Gasteiger partial charge in [-0.15, -0.1) is 0 Å². The molecule has 1 N–H and O–H groups in total. The second-order valence-corrected chi connectivity index (χ2v) is 4.82. The van der Waals surface area contributed by atoms with Crippen LogP contribution in [0.5, 0.6) is 5.75 Å². The number of carbonyl (C=O) groups is 1. The summed E-state index contributed by atoms with van der Waals surface area (Å²) in [5, 5.41) is 2.84. The minimum atomic E-state index is -0.0600. The molecule has 18 heavy (non-hydrogen) atoms. The van der Waals surface area contributed by atoms with E-state index < -0.39 is 0 Å². The zero-order valence-electron chi connectivity index (χ0n) is 11.5. The number of carbonyl (C=O) groups excluding carboxylic acids is 1. The lowest BCUT2D eigenvalue weighted by molar-refractivity contribution is -0.123. The summed E-state index contributed by atoms with van der Waals surface area (Å²) in [4.78, 5) is 11.5. The zero-order chi connectivity index (χ0) is 13.4. The summed E-state index contributed by atoms with van der Waals surface area (Å²) in [6.07, 6.45) is 2.01. The number of aryl methyl sites for hydroxylation is 1. The molecule has 0 bridgehead atoms. The Morgan fingerprint density at radius 2 is 1.94 bits per heavy atom. The predicted molar refractivity (Wildman–Crippen MR) is 73.8 cm³/mol. The first-order chi connectivity index (χ1) is 8.61. The highest BCUT2D eigenvalue weighted by atomic mass is 16.5. The van der Waals surface area contributed by atoms with Gasteiger partial charge in [0.15, 0.2) is 6.61 Å². The Bertz CT molecular complexity index is 357. The highest BCUT2D eigenvalue weighted by molar-refractivity contribution is 5.77. The first-order valence-corrected chi connectivity index (χ1v) is 6.60. The lowest BCUT2D eigenvalue weighted by Crippen LogP contribution is -2.30. The smallest absolute Gasteiger partial charge is 0.257 e. The van der Waals surface area contributed by atoms with Crippen molar-refractivity contribution in [2.45, 2.75) is 33.6 Å². The predicted octanol–water partition coefficient (Wildman–Crippen LogP) is 2.79. The van der Waals surface area contributed by atoms with Crippen LogP contribution in [0.2, 0.25) is 0 Å². The third-order valence-corrected chi connectivity index (χ3v) is 2.75. The minimum Gasteiger partial charge on any atom is -0.484 e. The van der Waals surface area contributed by atoms with Crippen LogP contribution < -0.4 is 10.1 Å². The number of nitrogens with one attached hydrogen (secondary N) is 1. The maximum Gasteiger partial charge on any atom is 0.257 e. The van der Waals surface area contributed by atoms with Gasteiger partial charge in [-0.3, -0.25) is 4.79 Å². The Hall–Kier alpha value is -1.51. The third-order valence-electron chi connectivity index (χ3n) is 2.75. The van der Waals surface area contributed by atoms with E-state index in [0.29, 0.717) is 12.5 Å². The summed E-state index contributed by atoms with van der Waals surface area (Å²) < 4.78 is 5.41. The van der Waals surface area contributed by atoms with Crippen LogP contribution >= 0.6 is 0 Å². The second kappa shape index (κ2) is 7.75. The van der Waals surface area contributed by atoms with Crippen LogP contribution in [0.15, 0.2) is 24.3 Å². The standard InChI is InChI=1S/C15H23NO2/c1-4-13-5-7-14(8-6-13)18-11-15(17)16-10-9-12(2)3/h5-8,12H,4,9-11H2,1-3H3,(H,16,17). The Balaban J connectivity index is 2.24. The van der Waals surface area contributed by atoms with Crippen LogP contribution in [0.25, 0.3) is 0 Å². The molecule has 0 aliphatic carbocycles. The fraction of sp³-hybridized carbons (Fsp3) is 0.533. The average molecular weight is 249 g/mol. The van der Waals surface area contributed by atoms with Crippen molar-refractivity contribution in [3.8, 4) is 5.75 Å². The molecule has 100 valence electrons. The van der Waals surface area contributed by atoms with E-state index in [0.717, 1.165) is 18.6 Å².